The lowest BCUT2D eigenvalue weighted by molar-refractivity contribution is 0.0815. The number of hydrogen-bond acceptors (Lipinski definition) is 3. The Morgan fingerprint density at radius 2 is 1.62 bits per heavy atom. The molecule has 0 fully saturated rings. The molecule has 0 aliphatic rings. The van der Waals surface area contributed by atoms with E-state index in [4.69, 9.17) is 14.9 Å². The molecule has 0 spiro atoms. The molecular formula is C10H14O3. The first-order valence-corrected chi connectivity index (χ1v) is 4.24. The van der Waals surface area contributed by atoms with Gasteiger partial charge in [0.1, 0.15) is 0 Å². The maximum absolute atomic E-state index is 8.78. The first-order valence-electron chi connectivity index (χ1n) is 4.24. The van der Waals surface area contributed by atoms with E-state index in [1.54, 1.807) is 0 Å². The lowest BCUT2D eigenvalue weighted by Gasteiger charge is -2.02. The fourth-order valence-corrected chi connectivity index (χ4v) is 0.995. The van der Waals surface area contributed by atoms with Crippen molar-refractivity contribution in [2.45, 2.75) is 13.2 Å². The second kappa shape index (κ2) is 5.70. The van der Waals surface area contributed by atoms with Crippen LogP contribution >= 0.6 is 0 Å². The molecule has 1 aromatic carbocycles. The van der Waals surface area contributed by atoms with Crippen molar-refractivity contribution in [1.29, 1.82) is 0 Å². The fourth-order valence-electron chi connectivity index (χ4n) is 0.995. The van der Waals surface area contributed by atoms with Crippen LogP contribution in [-0.4, -0.2) is 23.4 Å². The van der Waals surface area contributed by atoms with Crippen LogP contribution in [0.2, 0.25) is 0 Å². The molecule has 0 radical (unpaired) electrons. The molecule has 72 valence electrons. The highest BCUT2D eigenvalue weighted by atomic mass is 16.5. The molecule has 1 rings (SSSR count). The summed E-state index contributed by atoms with van der Waals surface area (Å²) in [5.74, 6) is 0. The highest BCUT2D eigenvalue weighted by Gasteiger charge is 1.93. The Labute approximate surface area is 77.6 Å². The van der Waals surface area contributed by atoms with Crippen LogP contribution in [0.4, 0.5) is 0 Å². The van der Waals surface area contributed by atoms with Gasteiger partial charge in [-0.1, -0.05) is 24.3 Å². The van der Waals surface area contributed by atoms with Gasteiger partial charge in [0.15, 0.2) is 0 Å². The van der Waals surface area contributed by atoms with Crippen molar-refractivity contribution in [1.82, 2.24) is 0 Å². The maximum atomic E-state index is 8.78. The molecule has 0 saturated carbocycles. The van der Waals surface area contributed by atoms with Gasteiger partial charge in [-0.2, -0.15) is 0 Å². The standard InChI is InChI=1S/C10H14O3/c11-5-6-13-8-10-3-1-9(7-12)2-4-10/h1-4,11-12H,5-8H2. The zero-order chi connectivity index (χ0) is 9.52. The van der Waals surface area contributed by atoms with E-state index in [-0.39, 0.29) is 13.2 Å². The van der Waals surface area contributed by atoms with Gasteiger partial charge >= 0.3 is 0 Å². The average Bonchev–Trinajstić information content (AvgIpc) is 2.19. The van der Waals surface area contributed by atoms with Crippen molar-refractivity contribution in [2.75, 3.05) is 13.2 Å². The number of benzene rings is 1. The normalized spacial score (nSPS) is 10.3. The Morgan fingerprint density at radius 1 is 1.00 bits per heavy atom. The number of aliphatic hydroxyl groups is 2. The Bertz CT molecular complexity index is 230. The second-order valence-electron chi connectivity index (χ2n) is 2.75. The van der Waals surface area contributed by atoms with Crippen LogP contribution in [0.15, 0.2) is 24.3 Å². The SMILES string of the molecule is OCCOCc1ccc(CO)cc1. The summed E-state index contributed by atoms with van der Waals surface area (Å²) >= 11 is 0. The number of ether oxygens (including phenoxy) is 1. The Hall–Kier alpha value is -0.900. The Kier molecular flexibility index (Phi) is 4.46. The highest BCUT2D eigenvalue weighted by molar-refractivity contribution is 5.21. The van der Waals surface area contributed by atoms with Gasteiger partial charge in [-0.15, -0.1) is 0 Å². The van der Waals surface area contributed by atoms with Crippen LogP contribution in [0.5, 0.6) is 0 Å². The van der Waals surface area contributed by atoms with E-state index in [1.165, 1.54) is 0 Å². The zero-order valence-corrected chi connectivity index (χ0v) is 7.44. The first kappa shape index (κ1) is 10.2. The van der Waals surface area contributed by atoms with E-state index < -0.39 is 0 Å². The predicted octanol–water partition coefficient (Wildman–Crippen LogP) is 0.688. The number of rotatable bonds is 5. The third-order valence-corrected chi connectivity index (χ3v) is 1.71. The van der Waals surface area contributed by atoms with Crippen LogP contribution in [0.1, 0.15) is 11.1 Å². The minimum atomic E-state index is 0.0503. The van der Waals surface area contributed by atoms with Gasteiger partial charge in [-0.05, 0) is 11.1 Å². The topological polar surface area (TPSA) is 49.7 Å². The third kappa shape index (κ3) is 3.55. The fraction of sp³-hybridized carbons (Fsp3) is 0.400. The molecular weight excluding hydrogens is 168 g/mol. The third-order valence-electron chi connectivity index (χ3n) is 1.71. The summed E-state index contributed by atoms with van der Waals surface area (Å²) in [6, 6.07) is 7.53. The van der Waals surface area contributed by atoms with E-state index >= 15 is 0 Å². The van der Waals surface area contributed by atoms with Gasteiger partial charge in [0.05, 0.1) is 26.4 Å². The lowest BCUT2D eigenvalue weighted by atomic mass is 10.1. The molecule has 0 bridgehead atoms. The molecule has 2 N–H and O–H groups in total. The van der Waals surface area contributed by atoms with E-state index in [0.29, 0.717) is 13.2 Å². The van der Waals surface area contributed by atoms with E-state index in [2.05, 4.69) is 0 Å². The molecule has 0 amide bonds. The van der Waals surface area contributed by atoms with Gasteiger partial charge < -0.3 is 14.9 Å². The Balaban J connectivity index is 2.40. The summed E-state index contributed by atoms with van der Waals surface area (Å²) in [7, 11) is 0. The summed E-state index contributed by atoms with van der Waals surface area (Å²) in [5.41, 5.74) is 1.94. The summed E-state index contributed by atoms with van der Waals surface area (Å²) in [6.07, 6.45) is 0. The molecule has 0 unspecified atom stereocenters. The van der Waals surface area contributed by atoms with E-state index in [1.807, 2.05) is 24.3 Å². The van der Waals surface area contributed by atoms with E-state index in [0.717, 1.165) is 11.1 Å². The molecule has 0 saturated heterocycles. The minimum Gasteiger partial charge on any atom is -0.394 e. The minimum absolute atomic E-state index is 0.0503. The molecule has 0 aliphatic carbocycles. The number of aliphatic hydroxyl groups excluding tert-OH is 2. The van der Waals surface area contributed by atoms with Crippen molar-refractivity contribution >= 4 is 0 Å². The summed E-state index contributed by atoms with van der Waals surface area (Å²) in [6.45, 7) is 0.987. The van der Waals surface area contributed by atoms with Crippen molar-refractivity contribution in [3.63, 3.8) is 0 Å². The maximum Gasteiger partial charge on any atom is 0.0718 e. The summed E-state index contributed by atoms with van der Waals surface area (Å²) in [5, 5.41) is 17.2. The smallest absolute Gasteiger partial charge is 0.0718 e. The Morgan fingerprint density at radius 3 is 2.15 bits per heavy atom. The molecule has 3 heteroatoms. The van der Waals surface area contributed by atoms with Crippen molar-refractivity contribution < 1.29 is 14.9 Å². The molecule has 0 heterocycles. The largest absolute Gasteiger partial charge is 0.394 e. The summed E-state index contributed by atoms with van der Waals surface area (Å²) < 4.78 is 5.13. The average molecular weight is 182 g/mol. The van der Waals surface area contributed by atoms with Gasteiger partial charge in [-0.3, -0.25) is 0 Å². The second-order valence-corrected chi connectivity index (χ2v) is 2.75. The zero-order valence-electron chi connectivity index (χ0n) is 7.44. The van der Waals surface area contributed by atoms with Crippen molar-refractivity contribution in [2.24, 2.45) is 0 Å². The quantitative estimate of drug-likeness (QED) is 0.659. The van der Waals surface area contributed by atoms with Crippen LogP contribution in [-0.2, 0) is 18.0 Å². The van der Waals surface area contributed by atoms with E-state index in [9.17, 15) is 0 Å². The number of hydrogen-bond donors (Lipinski definition) is 2. The van der Waals surface area contributed by atoms with Gasteiger partial charge in [0.2, 0.25) is 0 Å². The van der Waals surface area contributed by atoms with Crippen LogP contribution < -0.4 is 0 Å². The highest BCUT2D eigenvalue weighted by Crippen LogP contribution is 2.05. The molecule has 13 heavy (non-hydrogen) atoms. The van der Waals surface area contributed by atoms with Gasteiger partial charge in [-0.25, -0.2) is 0 Å². The summed E-state index contributed by atoms with van der Waals surface area (Å²) in [4.78, 5) is 0. The van der Waals surface area contributed by atoms with Gasteiger partial charge in [0, 0.05) is 0 Å². The molecule has 0 aromatic heterocycles. The monoisotopic (exact) mass is 182 g/mol. The molecule has 1 aromatic rings. The molecule has 3 nitrogen and oxygen atoms in total. The van der Waals surface area contributed by atoms with Crippen LogP contribution in [0, 0.1) is 0 Å². The van der Waals surface area contributed by atoms with Crippen LogP contribution in [0.3, 0.4) is 0 Å². The molecule has 0 atom stereocenters. The van der Waals surface area contributed by atoms with Gasteiger partial charge in [0.25, 0.3) is 0 Å². The van der Waals surface area contributed by atoms with Crippen LogP contribution in [0.25, 0.3) is 0 Å². The first-order chi connectivity index (χ1) is 6.36. The lowest BCUT2D eigenvalue weighted by Crippen LogP contribution is -1.99. The van der Waals surface area contributed by atoms with Crippen molar-refractivity contribution in [3.05, 3.63) is 35.4 Å². The van der Waals surface area contributed by atoms with Crippen molar-refractivity contribution in [3.8, 4) is 0 Å². The predicted molar refractivity (Wildman–Crippen MR) is 49.1 cm³/mol. The molecule has 0 aliphatic heterocycles.